The van der Waals surface area contributed by atoms with Crippen molar-refractivity contribution in [1.82, 2.24) is 25.4 Å². The van der Waals surface area contributed by atoms with Crippen molar-refractivity contribution in [1.29, 1.82) is 0 Å². The number of aromatic nitrogens is 3. The van der Waals surface area contributed by atoms with Crippen LogP contribution in [0.25, 0.3) is 0 Å². The van der Waals surface area contributed by atoms with Crippen LogP contribution in [-0.2, 0) is 35.6 Å². The molecule has 0 bridgehead atoms. The van der Waals surface area contributed by atoms with E-state index in [-0.39, 0.29) is 0 Å². The molecule has 2 N–H and O–H groups in total. The number of nitrogens with zero attached hydrogens (tertiary/aromatic N) is 4. The van der Waals surface area contributed by atoms with E-state index in [1.807, 2.05) is 4.68 Å². The number of fused-ring (bicyclic) bond motifs is 1. The lowest BCUT2D eigenvalue weighted by Crippen LogP contribution is -2.47. The van der Waals surface area contributed by atoms with Gasteiger partial charge < -0.3 is 20.1 Å². The summed E-state index contributed by atoms with van der Waals surface area (Å²) in [7, 11) is 0. The fourth-order valence-electron chi connectivity index (χ4n) is 3.91. The minimum absolute atomic E-state index is 0.302. The third-order valence-electron chi connectivity index (χ3n) is 5.56. The van der Waals surface area contributed by atoms with Crippen molar-refractivity contribution >= 4 is 5.96 Å². The van der Waals surface area contributed by atoms with Crippen LogP contribution in [0, 0.1) is 0 Å². The van der Waals surface area contributed by atoms with E-state index in [9.17, 15) is 0 Å². The van der Waals surface area contributed by atoms with Gasteiger partial charge in [-0.2, -0.15) is 5.10 Å². The summed E-state index contributed by atoms with van der Waals surface area (Å²) in [5.41, 5.74) is 2.38. The van der Waals surface area contributed by atoms with E-state index in [4.69, 9.17) is 14.5 Å². The van der Waals surface area contributed by atoms with Crippen LogP contribution in [0.1, 0.15) is 43.1 Å². The molecule has 0 aliphatic carbocycles. The second kappa shape index (κ2) is 10.5. The Kier molecular flexibility index (Phi) is 7.31. The lowest BCUT2D eigenvalue weighted by atomic mass is 10.1. The highest BCUT2D eigenvalue weighted by Gasteiger charge is 2.20. The first-order chi connectivity index (χ1) is 14.8. The molecule has 1 aromatic heterocycles. The number of nitrogens with one attached hydrogen (secondary N) is 2. The van der Waals surface area contributed by atoms with Crippen LogP contribution in [0.2, 0.25) is 0 Å². The molecule has 1 saturated heterocycles. The highest BCUT2D eigenvalue weighted by atomic mass is 16.5. The Hall–Kier alpha value is -2.45. The molecule has 2 aromatic rings. The van der Waals surface area contributed by atoms with E-state index in [0.29, 0.717) is 25.3 Å². The van der Waals surface area contributed by atoms with Crippen molar-refractivity contribution < 1.29 is 9.47 Å². The van der Waals surface area contributed by atoms with E-state index < -0.39 is 0 Å². The molecule has 0 spiro atoms. The average molecular weight is 413 g/mol. The Bertz CT molecular complexity index is 831. The molecule has 4 rings (SSSR count). The van der Waals surface area contributed by atoms with Gasteiger partial charge in [0, 0.05) is 32.2 Å². The molecule has 1 fully saturated rings. The third kappa shape index (κ3) is 5.79. The van der Waals surface area contributed by atoms with Crippen LogP contribution in [0.4, 0.5) is 0 Å². The summed E-state index contributed by atoms with van der Waals surface area (Å²) in [6.45, 7) is 6.61. The van der Waals surface area contributed by atoms with Gasteiger partial charge in [-0.05, 0) is 37.3 Å². The van der Waals surface area contributed by atoms with Crippen molar-refractivity contribution in [2.75, 3.05) is 19.8 Å². The van der Waals surface area contributed by atoms with Crippen molar-refractivity contribution in [3.63, 3.8) is 0 Å². The van der Waals surface area contributed by atoms with Crippen LogP contribution in [0.15, 0.2) is 35.6 Å². The maximum atomic E-state index is 6.06. The molecule has 1 aromatic carbocycles. The smallest absolute Gasteiger partial charge is 0.191 e. The van der Waals surface area contributed by atoms with Gasteiger partial charge in [-0.15, -0.1) is 0 Å². The van der Waals surface area contributed by atoms with E-state index in [1.54, 1.807) is 6.33 Å². The van der Waals surface area contributed by atoms with Crippen LogP contribution in [0.5, 0.6) is 0 Å². The van der Waals surface area contributed by atoms with E-state index in [0.717, 1.165) is 63.8 Å². The largest absolute Gasteiger partial charge is 0.381 e. The van der Waals surface area contributed by atoms with Crippen molar-refractivity contribution in [3.8, 4) is 0 Å². The Balaban J connectivity index is 1.32. The van der Waals surface area contributed by atoms with Crippen molar-refractivity contribution in [2.24, 2.45) is 4.99 Å². The van der Waals surface area contributed by atoms with Gasteiger partial charge in [0.25, 0.3) is 0 Å². The average Bonchev–Trinajstić information content (AvgIpc) is 3.25. The lowest BCUT2D eigenvalue weighted by molar-refractivity contribution is -0.0390. The lowest BCUT2D eigenvalue weighted by Gasteiger charge is -2.25. The van der Waals surface area contributed by atoms with Gasteiger partial charge in [-0.25, -0.2) is 14.7 Å². The summed E-state index contributed by atoms with van der Waals surface area (Å²) in [5.74, 6) is 1.91. The molecule has 0 saturated carbocycles. The molecule has 8 heteroatoms. The molecule has 2 aliphatic rings. The Morgan fingerprint density at radius 3 is 3.00 bits per heavy atom. The molecule has 162 valence electrons. The van der Waals surface area contributed by atoms with E-state index in [2.05, 4.69) is 51.9 Å². The maximum Gasteiger partial charge on any atom is 0.191 e. The van der Waals surface area contributed by atoms with Gasteiger partial charge in [-0.1, -0.05) is 24.3 Å². The molecule has 2 aliphatic heterocycles. The quantitative estimate of drug-likeness (QED) is 0.535. The topological polar surface area (TPSA) is 85.6 Å². The molecule has 3 heterocycles. The number of benzene rings is 1. The van der Waals surface area contributed by atoms with Gasteiger partial charge >= 0.3 is 0 Å². The molecule has 1 atom stereocenters. The van der Waals surface area contributed by atoms with Crippen LogP contribution in [-0.4, -0.2) is 52.6 Å². The first-order valence-electron chi connectivity index (χ1n) is 11.0. The molecular weight excluding hydrogens is 380 g/mol. The number of rotatable bonds is 7. The van der Waals surface area contributed by atoms with Gasteiger partial charge in [0.05, 0.1) is 25.8 Å². The zero-order valence-electron chi connectivity index (χ0n) is 17.7. The monoisotopic (exact) mass is 412 g/mol. The fourth-order valence-corrected chi connectivity index (χ4v) is 3.91. The predicted octanol–water partition coefficient (Wildman–Crippen LogP) is 2.04. The summed E-state index contributed by atoms with van der Waals surface area (Å²) >= 11 is 0. The summed E-state index contributed by atoms with van der Waals surface area (Å²) in [5, 5.41) is 11.2. The normalized spacial score (nSPS) is 20.0. The maximum absolute atomic E-state index is 6.06. The molecule has 30 heavy (non-hydrogen) atoms. The first kappa shape index (κ1) is 20.8. The third-order valence-corrected chi connectivity index (χ3v) is 5.56. The molecule has 0 amide bonds. The first-order valence-corrected chi connectivity index (χ1v) is 11.0. The summed E-state index contributed by atoms with van der Waals surface area (Å²) in [4.78, 5) is 9.10. The van der Waals surface area contributed by atoms with Crippen LogP contribution in [0.3, 0.4) is 0 Å². The second-order valence-electron chi connectivity index (χ2n) is 7.88. The number of guanidine groups is 1. The van der Waals surface area contributed by atoms with Gasteiger partial charge in [0.15, 0.2) is 5.96 Å². The SMILES string of the molecule is CCNC(=NCc1cccc(COC2CCOCC2)c1)NC1CCc2ncnn2C1. The standard InChI is InChI=1S/C22H32N6O2/c1-2-23-22(27-19-6-7-21-25-16-26-28(21)14-19)24-13-17-4-3-5-18(12-17)15-30-20-8-10-29-11-9-20/h3-5,12,16,19-20H,2,6-11,13-15H2,1H3,(H2,23,24,27). The second-order valence-corrected chi connectivity index (χ2v) is 7.88. The molecule has 0 radical (unpaired) electrons. The highest BCUT2D eigenvalue weighted by molar-refractivity contribution is 5.80. The number of hydrogen-bond acceptors (Lipinski definition) is 5. The zero-order valence-corrected chi connectivity index (χ0v) is 17.7. The summed E-state index contributed by atoms with van der Waals surface area (Å²) in [6.07, 6.45) is 5.88. The van der Waals surface area contributed by atoms with Crippen LogP contribution >= 0.6 is 0 Å². The molecule has 8 nitrogen and oxygen atoms in total. The molecular formula is C22H32N6O2. The number of hydrogen-bond donors (Lipinski definition) is 2. The zero-order chi connectivity index (χ0) is 20.6. The summed E-state index contributed by atoms with van der Waals surface area (Å²) < 4.78 is 13.4. The van der Waals surface area contributed by atoms with Crippen molar-refractivity contribution in [2.45, 2.75) is 64.4 Å². The minimum Gasteiger partial charge on any atom is -0.381 e. The number of aliphatic imine (C=N–C) groups is 1. The van der Waals surface area contributed by atoms with Crippen molar-refractivity contribution in [3.05, 3.63) is 47.5 Å². The number of aryl methyl sites for hydroxylation is 1. The minimum atomic E-state index is 0.302. The summed E-state index contributed by atoms with van der Waals surface area (Å²) in [6, 6.07) is 8.81. The Morgan fingerprint density at radius 2 is 2.13 bits per heavy atom. The predicted molar refractivity (Wildman–Crippen MR) is 115 cm³/mol. The molecule has 1 unspecified atom stereocenters. The van der Waals surface area contributed by atoms with E-state index >= 15 is 0 Å². The van der Waals surface area contributed by atoms with Gasteiger partial charge in [0.1, 0.15) is 12.2 Å². The van der Waals surface area contributed by atoms with E-state index in [1.165, 1.54) is 11.1 Å². The van der Waals surface area contributed by atoms with Gasteiger partial charge in [-0.3, -0.25) is 0 Å². The Morgan fingerprint density at radius 1 is 1.27 bits per heavy atom. The highest BCUT2D eigenvalue weighted by Crippen LogP contribution is 2.15. The Labute approximate surface area is 178 Å². The fraction of sp³-hybridized carbons (Fsp3) is 0.591. The van der Waals surface area contributed by atoms with Gasteiger partial charge in [0.2, 0.25) is 0 Å². The van der Waals surface area contributed by atoms with Crippen LogP contribution < -0.4 is 10.6 Å². The number of ether oxygens (including phenoxy) is 2.